The SMILES string of the molecule is C=C(CCCN)NCCOCC.CCC. The molecule has 0 bridgehead atoms. The van der Waals surface area contributed by atoms with E-state index < -0.39 is 0 Å². The lowest BCUT2D eigenvalue weighted by Crippen LogP contribution is -2.19. The molecule has 0 aromatic heterocycles. The third-order valence-corrected chi connectivity index (χ3v) is 1.51. The van der Waals surface area contributed by atoms with Gasteiger partial charge in [0.1, 0.15) is 0 Å². The Morgan fingerprint density at radius 3 is 2.40 bits per heavy atom. The predicted octanol–water partition coefficient (Wildman–Crippen LogP) is 2.28. The molecule has 0 unspecified atom stereocenters. The van der Waals surface area contributed by atoms with Gasteiger partial charge < -0.3 is 15.8 Å². The van der Waals surface area contributed by atoms with Crippen molar-refractivity contribution in [1.82, 2.24) is 5.32 Å². The highest BCUT2D eigenvalue weighted by molar-refractivity contribution is 4.90. The third-order valence-electron chi connectivity index (χ3n) is 1.51. The minimum Gasteiger partial charge on any atom is -0.387 e. The van der Waals surface area contributed by atoms with E-state index in [1.807, 2.05) is 6.92 Å². The van der Waals surface area contributed by atoms with E-state index in [9.17, 15) is 0 Å². The molecule has 0 aliphatic rings. The van der Waals surface area contributed by atoms with Crippen LogP contribution < -0.4 is 11.1 Å². The molecule has 0 aliphatic heterocycles. The highest BCUT2D eigenvalue weighted by Crippen LogP contribution is 1.95. The van der Waals surface area contributed by atoms with Gasteiger partial charge in [-0.05, 0) is 26.3 Å². The van der Waals surface area contributed by atoms with Crippen molar-refractivity contribution in [1.29, 1.82) is 0 Å². The van der Waals surface area contributed by atoms with E-state index >= 15 is 0 Å². The molecule has 0 atom stereocenters. The molecule has 3 N–H and O–H groups in total. The first-order chi connectivity index (χ1) is 7.22. The molecule has 0 fully saturated rings. The second-order valence-corrected chi connectivity index (χ2v) is 3.33. The molecule has 3 nitrogen and oxygen atoms in total. The summed E-state index contributed by atoms with van der Waals surface area (Å²) in [5.41, 5.74) is 6.42. The largest absolute Gasteiger partial charge is 0.387 e. The Kier molecular flexibility index (Phi) is 17.9. The number of hydrogen-bond acceptors (Lipinski definition) is 3. The molecular weight excluding hydrogens is 188 g/mol. The zero-order valence-electron chi connectivity index (χ0n) is 10.6. The normalized spacial score (nSPS) is 9.07. The van der Waals surface area contributed by atoms with Gasteiger partial charge in [-0.1, -0.05) is 26.8 Å². The van der Waals surface area contributed by atoms with Gasteiger partial charge in [-0.15, -0.1) is 0 Å². The summed E-state index contributed by atoms with van der Waals surface area (Å²) in [5.74, 6) is 0. The Morgan fingerprint density at radius 1 is 1.33 bits per heavy atom. The highest BCUT2D eigenvalue weighted by Gasteiger charge is 1.91. The van der Waals surface area contributed by atoms with Gasteiger partial charge in [0.15, 0.2) is 0 Å². The minimum absolute atomic E-state index is 0.728. The van der Waals surface area contributed by atoms with Gasteiger partial charge in [-0.2, -0.15) is 0 Å². The molecule has 0 aromatic rings. The van der Waals surface area contributed by atoms with Gasteiger partial charge in [0.05, 0.1) is 6.61 Å². The van der Waals surface area contributed by atoms with Crippen LogP contribution in [0.3, 0.4) is 0 Å². The zero-order valence-corrected chi connectivity index (χ0v) is 10.6. The molecule has 0 saturated carbocycles. The first-order valence-corrected chi connectivity index (χ1v) is 5.92. The van der Waals surface area contributed by atoms with Gasteiger partial charge >= 0.3 is 0 Å². The Morgan fingerprint density at radius 2 is 1.93 bits per heavy atom. The number of ether oxygens (including phenoxy) is 1. The maximum Gasteiger partial charge on any atom is 0.0638 e. The van der Waals surface area contributed by atoms with Gasteiger partial charge in [0, 0.05) is 18.8 Å². The smallest absolute Gasteiger partial charge is 0.0638 e. The maximum atomic E-state index is 5.36. The van der Waals surface area contributed by atoms with Crippen LogP contribution >= 0.6 is 0 Å². The van der Waals surface area contributed by atoms with Crippen LogP contribution in [0, 0.1) is 0 Å². The maximum absolute atomic E-state index is 5.36. The Hall–Kier alpha value is -0.540. The molecule has 0 rings (SSSR count). The second-order valence-electron chi connectivity index (χ2n) is 3.33. The van der Waals surface area contributed by atoms with Crippen LogP contribution in [0.1, 0.15) is 40.0 Å². The number of nitrogens with two attached hydrogens (primary N) is 1. The van der Waals surface area contributed by atoms with Crippen molar-refractivity contribution in [3.8, 4) is 0 Å². The van der Waals surface area contributed by atoms with Gasteiger partial charge in [0.2, 0.25) is 0 Å². The van der Waals surface area contributed by atoms with Crippen molar-refractivity contribution in [3.05, 3.63) is 12.3 Å². The quantitative estimate of drug-likeness (QED) is 0.612. The summed E-state index contributed by atoms with van der Waals surface area (Å²) < 4.78 is 5.16. The van der Waals surface area contributed by atoms with E-state index in [-0.39, 0.29) is 0 Å². The topological polar surface area (TPSA) is 47.3 Å². The van der Waals surface area contributed by atoms with Crippen molar-refractivity contribution in [2.75, 3.05) is 26.3 Å². The Bertz CT molecular complexity index is 127. The van der Waals surface area contributed by atoms with Gasteiger partial charge in [-0.3, -0.25) is 0 Å². The van der Waals surface area contributed by atoms with Crippen LogP contribution in [0.15, 0.2) is 12.3 Å². The van der Waals surface area contributed by atoms with E-state index in [1.165, 1.54) is 6.42 Å². The summed E-state index contributed by atoms with van der Waals surface area (Å²) in [6.45, 7) is 13.2. The standard InChI is InChI=1S/C9H20N2O.C3H8/c1-3-12-8-7-11-9(2)5-4-6-10;1-3-2/h11H,2-8,10H2,1H3;3H2,1-2H3. The third kappa shape index (κ3) is 19.8. The predicted molar refractivity (Wildman–Crippen MR) is 67.9 cm³/mol. The van der Waals surface area contributed by atoms with Gasteiger partial charge in [-0.25, -0.2) is 0 Å². The molecule has 92 valence electrons. The molecular formula is C12H28N2O. The van der Waals surface area contributed by atoms with Crippen molar-refractivity contribution < 1.29 is 4.74 Å². The minimum atomic E-state index is 0.728. The van der Waals surface area contributed by atoms with E-state index in [2.05, 4.69) is 25.7 Å². The van der Waals surface area contributed by atoms with Crippen LogP contribution in [0.5, 0.6) is 0 Å². The lowest BCUT2D eigenvalue weighted by Gasteiger charge is -2.08. The average molecular weight is 216 g/mol. The molecule has 3 heteroatoms. The Labute approximate surface area is 95.1 Å². The molecule has 0 spiro atoms. The molecule has 0 saturated heterocycles. The fraction of sp³-hybridized carbons (Fsp3) is 0.833. The summed E-state index contributed by atoms with van der Waals surface area (Å²) in [6.07, 6.45) is 3.21. The van der Waals surface area contributed by atoms with Crippen LogP contribution in [0.2, 0.25) is 0 Å². The van der Waals surface area contributed by atoms with E-state index in [0.717, 1.165) is 44.8 Å². The molecule has 15 heavy (non-hydrogen) atoms. The molecule has 0 aromatic carbocycles. The summed E-state index contributed by atoms with van der Waals surface area (Å²) in [7, 11) is 0. The fourth-order valence-corrected chi connectivity index (χ4v) is 0.848. The first-order valence-electron chi connectivity index (χ1n) is 5.92. The Balaban J connectivity index is 0. The van der Waals surface area contributed by atoms with Crippen LogP contribution in [0.25, 0.3) is 0 Å². The summed E-state index contributed by atoms with van der Waals surface area (Å²) in [5, 5.41) is 3.18. The molecule has 0 radical (unpaired) electrons. The lowest BCUT2D eigenvalue weighted by molar-refractivity contribution is 0.151. The zero-order chi connectivity index (χ0) is 11.9. The number of rotatable bonds is 8. The monoisotopic (exact) mass is 216 g/mol. The second kappa shape index (κ2) is 15.9. The van der Waals surface area contributed by atoms with Crippen LogP contribution in [0.4, 0.5) is 0 Å². The number of allylic oxidation sites excluding steroid dienone is 1. The molecule has 0 heterocycles. The van der Waals surface area contributed by atoms with Crippen molar-refractivity contribution in [2.24, 2.45) is 5.73 Å². The van der Waals surface area contributed by atoms with Crippen LogP contribution in [-0.4, -0.2) is 26.3 Å². The lowest BCUT2D eigenvalue weighted by atomic mass is 10.2. The summed E-state index contributed by atoms with van der Waals surface area (Å²) >= 11 is 0. The van der Waals surface area contributed by atoms with Crippen molar-refractivity contribution in [2.45, 2.75) is 40.0 Å². The fourth-order valence-electron chi connectivity index (χ4n) is 0.848. The molecule has 0 aliphatic carbocycles. The van der Waals surface area contributed by atoms with E-state index in [4.69, 9.17) is 10.5 Å². The van der Waals surface area contributed by atoms with Gasteiger partial charge in [0.25, 0.3) is 0 Å². The van der Waals surface area contributed by atoms with Crippen LogP contribution in [-0.2, 0) is 4.74 Å². The summed E-state index contributed by atoms with van der Waals surface area (Å²) in [4.78, 5) is 0. The van der Waals surface area contributed by atoms with E-state index in [1.54, 1.807) is 0 Å². The number of hydrogen-bond donors (Lipinski definition) is 2. The summed E-state index contributed by atoms with van der Waals surface area (Å²) in [6, 6.07) is 0. The van der Waals surface area contributed by atoms with E-state index in [0.29, 0.717) is 0 Å². The number of nitrogens with one attached hydrogen (secondary N) is 1. The highest BCUT2D eigenvalue weighted by atomic mass is 16.5. The van der Waals surface area contributed by atoms with Crippen molar-refractivity contribution >= 4 is 0 Å². The molecule has 0 amide bonds. The first kappa shape index (κ1) is 16.9. The van der Waals surface area contributed by atoms with Crippen molar-refractivity contribution in [3.63, 3.8) is 0 Å². The average Bonchev–Trinajstić information content (AvgIpc) is 2.23.